The van der Waals surface area contributed by atoms with E-state index in [0.717, 1.165) is 0 Å². The maximum Gasteiger partial charge on any atom is 0.327 e. The largest absolute Gasteiger partial charge is 0.408 e. The Balaban J connectivity index is 1.81. The van der Waals surface area contributed by atoms with Crippen molar-refractivity contribution < 1.29 is 14.0 Å². The highest BCUT2D eigenvalue weighted by Crippen LogP contribution is 2.38. The van der Waals surface area contributed by atoms with Crippen molar-refractivity contribution in [3.05, 3.63) is 5.89 Å². The Morgan fingerprint density at radius 3 is 2.39 bits per heavy atom. The molecule has 0 N–H and O–H groups in total. The summed E-state index contributed by atoms with van der Waals surface area (Å²) < 4.78 is 5.46. The van der Waals surface area contributed by atoms with Crippen LogP contribution < -0.4 is 4.90 Å². The van der Waals surface area contributed by atoms with Crippen LogP contribution in [0.5, 0.6) is 0 Å². The number of hydrogen-bond donors (Lipinski definition) is 0. The Hall–Kier alpha value is -2.12. The van der Waals surface area contributed by atoms with E-state index in [2.05, 4.69) is 24.0 Å². The number of carbonyl (C=O) groups excluding carboxylic acids is 2. The van der Waals surface area contributed by atoms with Gasteiger partial charge < -0.3 is 14.2 Å². The fourth-order valence-electron chi connectivity index (χ4n) is 3.46. The van der Waals surface area contributed by atoms with Gasteiger partial charge in [-0.15, -0.1) is 5.10 Å². The van der Waals surface area contributed by atoms with Crippen LogP contribution in [0.1, 0.15) is 32.6 Å². The Morgan fingerprint density at radius 2 is 1.87 bits per heavy atom. The summed E-state index contributed by atoms with van der Waals surface area (Å²) in [5.41, 5.74) is -0.721. The molecule has 8 nitrogen and oxygen atoms in total. The van der Waals surface area contributed by atoms with E-state index in [9.17, 15) is 9.59 Å². The van der Waals surface area contributed by atoms with Crippen molar-refractivity contribution in [3.63, 3.8) is 0 Å². The second-order valence-corrected chi connectivity index (χ2v) is 6.77. The summed E-state index contributed by atoms with van der Waals surface area (Å²) in [5.74, 6) is 0.741. The van der Waals surface area contributed by atoms with Crippen LogP contribution in [0.25, 0.3) is 0 Å². The van der Waals surface area contributed by atoms with Gasteiger partial charge in [0, 0.05) is 33.6 Å². The van der Waals surface area contributed by atoms with E-state index in [1.165, 1.54) is 4.90 Å². The number of carbonyl (C=O) groups is 2. The first-order valence-corrected chi connectivity index (χ1v) is 8.00. The monoisotopic (exact) mass is 321 g/mol. The number of aromatic nitrogens is 2. The second-order valence-electron chi connectivity index (χ2n) is 6.77. The second kappa shape index (κ2) is 5.50. The molecule has 0 aromatic carbocycles. The third-order valence-corrected chi connectivity index (χ3v) is 4.66. The van der Waals surface area contributed by atoms with Crippen molar-refractivity contribution in [2.45, 2.75) is 39.2 Å². The summed E-state index contributed by atoms with van der Waals surface area (Å²) in [6.07, 6.45) is 1.16. The highest BCUT2D eigenvalue weighted by atomic mass is 16.4. The van der Waals surface area contributed by atoms with E-state index in [-0.39, 0.29) is 11.9 Å². The van der Waals surface area contributed by atoms with Gasteiger partial charge in [-0.2, -0.15) is 0 Å². The zero-order valence-electron chi connectivity index (χ0n) is 14.1. The maximum absolute atomic E-state index is 12.7. The molecule has 1 spiro atoms. The van der Waals surface area contributed by atoms with Crippen LogP contribution in [0, 0.1) is 12.8 Å². The molecule has 3 amide bonds. The average Bonchev–Trinajstić information content (AvgIpc) is 3.02. The minimum absolute atomic E-state index is 0.0930. The quantitative estimate of drug-likeness (QED) is 0.780. The van der Waals surface area contributed by atoms with Crippen molar-refractivity contribution in [3.8, 4) is 0 Å². The molecular weight excluding hydrogens is 298 g/mol. The Bertz CT molecular complexity index is 618. The predicted octanol–water partition coefficient (Wildman–Crippen LogP) is 1.27. The summed E-state index contributed by atoms with van der Waals surface area (Å²) >= 11 is 0. The van der Waals surface area contributed by atoms with Gasteiger partial charge in [0.25, 0.3) is 5.91 Å². The molecule has 3 heterocycles. The minimum atomic E-state index is -0.721. The average molecular weight is 321 g/mol. The van der Waals surface area contributed by atoms with Crippen LogP contribution in [-0.4, -0.2) is 64.2 Å². The molecule has 2 aliphatic rings. The first kappa shape index (κ1) is 15.8. The first-order chi connectivity index (χ1) is 10.8. The normalized spacial score (nSPS) is 21.2. The van der Waals surface area contributed by atoms with Crippen molar-refractivity contribution in [2.24, 2.45) is 5.92 Å². The maximum atomic E-state index is 12.7. The molecule has 8 heteroatoms. The number of aryl methyl sites for hydroxylation is 1. The Morgan fingerprint density at radius 1 is 1.22 bits per heavy atom. The molecule has 126 valence electrons. The van der Waals surface area contributed by atoms with E-state index in [4.69, 9.17) is 4.42 Å². The highest BCUT2D eigenvalue weighted by molar-refractivity contribution is 6.06. The van der Waals surface area contributed by atoms with Gasteiger partial charge in [-0.25, -0.2) is 4.79 Å². The Labute approximate surface area is 135 Å². The molecular formula is C15H23N5O3. The van der Waals surface area contributed by atoms with Crippen LogP contribution >= 0.6 is 0 Å². The summed E-state index contributed by atoms with van der Waals surface area (Å²) in [6, 6.07) is 0.295. The van der Waals surface area contributed by atoms with Gasteiger partial charge in [0.1, 0.15) is 5.54 Å². The van der Waals surface area contributed by atoms with Crippen LogP contribution in [0.3, 0.4) is 0 Å². The van der Waals surface area contributed by atoms with Gasteiger partial charge >= 0.3 is 12.0 Å². The molecule has 1 aromatic rings. The van der Waals surface area contributed by atoms with Crippen LogP contribution in [-0.2, 0) is 4.79 Å². The lowest BCUT2D eigenvalue weighted by Gasteiger charge is -2.42. The van der Waals surface area contributed by atoms with E-state index in [0.29, 0.717) is 50.3 Å². The Kier molecular flexibility index (Phi) is 3.77. The fraction of sp³-hybridized carbons (Fsp3) is 0.733. The van der Waals surface area contributed by atoms with Crippen molar-refractivity contribution in [2.75, 3.05) is 31.6 Å². The van der Waals surface area contributed by atoms with Crippen LogP contribution in [0.4, 0.5) is 10.8 Å². The molecule has 0 unspecified atom stereocenters. The van der Waals surface area contributed by atoms with Gasteiger partial charge in [-0.3, -0.25) is 9.69 Å². The number of urea groups is 1. The minimum Gasteiger partial charge on any atom is -0.408 e. The van der Waals surface area contributed by atoms with E-state index >= 15 is 0 Å². The fourth-order valence-corrected chi connectivity index (χ4v) is 3.46. The molecule has 2 aliphatic heterocycles. The molecule has 0 bridgehead atoms. The van der Waals surface area contributed by atoms with Gasteiger partial charge in [-0.1, -0.05) is 18.9 Å². The zero-order valence-corrected chi connectivity index (χ0v) is 14.1. The molecule has 2 fully saturated rings. The summed E-state index contributed by atoms with van der Waals surface area (Å²) in [6.45, 7) is 7.68. The SMILES string of the molecule is Cc1nnc(N2CCC3(CC2)C(=O)N(C)C(=O)N3CC(C)C)o1. The van der Waals surface area contributed by atoms with E-state index in [1.807, 2.05) is 4.90 Å². The van der Waals surface area contributed by atoms with Gasteiger partial charge in [0.05, 0.1) is 0 Å². The molecule has 0 radical (unpaired) electrons. The predicted molar refractivity (Wildman–Crippen MR) is 82.9 cm³/mol. The standard InChI is InChI=1S/C15H23N5O3/c1-10(2)9-20-14(22)18(4)12(21)15(20)5-7-19(8-6-15)13-17-16-11(3)23-13/h10H,5-9H2,1-4H3. The third-order valence-electron chi connectivity index (χ3n) is 4.66. The van der Waals surface area contributed by atoms with E-state index in [1.54, 1.807) is 18.9 Å². The molecule has 23 heavy (non-hydrogen) atoms. The molecule has 3 rings (SSSR count). The number of likely N-dealkylation sites (N-methyl/N-ethyl adjacent to an activating group) is 1. The topological polar surface area (TPSA) is 82.8 Å². The van der Waals surface area contributed by atoms with Crippen molar-refractivity contribution >= 4 is 18.0 Å². The van der Waals surface area contributed by atoms with Crippen molar-refractivity contribution in [1.82, 2.24) is 20.0 Å². The summed E-state index contributed by atoms with van der Waals surface area (Å²) in [4.78, 5) is 30.2. The number of hydrogen-bond acceptors (Lipinski definition) is 6. The third kappa shape index (κ3) is 2.46. The molecule has 2 saturated heterocycles. The number of piperidine rings is 1. The number of rotatable bonds is 3. The summed E-state index contributed by atoms with van der Waals surface area (Å²) in [5, 5.41) is 7.88. The lowest BCUT2D eigenvalue weighted by molar-refractivity contribution is -0.133. The van der Waals surface area contributed by atoms with E-state index < -0.39 is 5.54 Å². The number of amides is 3. The zero-order chi connectivity index (χ0) is 16.8. The molecule has 1 aromatic heterocycles. The lowest BCUT2D eigenvalue weighted by atomic mass is 9.85. The number of nitrogens with zero attached hydrogens (tertiary/aromatic N) is 5. The summed E-state index contributed by atoms with van der Waals surface area (Å²) in [7, 11) is 1.57. The molecule has 0 aliphatic carbocycles. The first-order valence-electron chi connectivity index (χ1n) is 8.00. The van der Waals surface area contributed by atoms with Gasteiger partial charge in [0.15, 0.2) is 0 Å². The van der Waals surface area contributed by atoms with Gasteiger partial charge in [0.2, 0.25) is 5.89 Å². The molecule has 0 atom stereocenters. The van der Waals surface area contributed by atoms with Crippen molar-refractivity contribution in [1.29, 1.82) is 0 Å². The number of imide groups is 1. The lowest BCUT2D eigenvalue weighted by Crippen LogP contribution is -2.57. The molecule has 0 saturated carbocycles. The highest BCUT2D eigenvalue weighted by Gasteiger charge is 2.57. The number of anilines is 1. The van der Waals surface area contributed by atoms with Gasteiger partial charge in [-0.05, 0) is 18.8 Å². The van der Waals surface area contributed by atoms with Crippen LogP contribution in [0.2, 0.25) is 0 Å². The smallest absolute Gasteiger partial charge is 0.327 e. The van der Waals surface area contributed by atoms with Crippen LogP contribution in [0.15, 0.2) is 4.42 Å².